The molecule has 0 saturated heterocycles. The van der Waals surface area contributed by atoms with Gasteiger partial charge in [0, 0.05) is 24.5 Å². The Labute approximate surface area is 167 Å². The fourth-order valence-electron chi connectivity index (χ4n) is 3.31. The molecule has 0 saturated carbocycles. The van der Waals surface area contributed by atoms with Crippen LogP contribution in [0.25, 0.3) is 5.69 Å². The smallest absolute Gasteiger partial charge is 0.175 e. The maximum Gasteiger partial charge on any atom is 0.175 e. The highest BCUT2D eigenvalue weighted by Crippen LogP contribution is 2.23. The maximum absolute atomic E-state index is 11.6. The summed E-state index contributed by atoms with van der Waals surface area (Å²) in [6.07, 6.45) is 1.23. The van der Waals surface area contributed by atoms with Crippen LogP contribution in [-0.2, 0) is 16.4 Å². The van der Waals surface area contributed by atoms with E-state index >= 15 is 0 Å². The van der Waals surface area contributed by atoms with Crippen molar-refractivity contribution >= 4 is 9.84 Å². The predicted octanol–water partition coefficient (Wildman–Crippen LogP) is 4.09. The predicted molar refractivity (Wildman–Crippen MR) is 112 cm³/mol. The first-order valence-electron chi connectivity index (χ1n) is 9.28. The zero-order valence-corrected chi connectivity index (χ0v) is 17.9. The lowest BCUT2D eigenvalue weighted by Gasteiger charge is -2.25. The average Bonchev–Trinajstić information content (AvgIpc) is 2.99. The highest BCUT2D eigenvalue weighted by Gasteiger charge is 2.14. The number of benzene rings is 2. The Balaban J connectivity index is 1.70. The number of rotatable bonds is 6. The number of nitrogens with zero attached hydrogens (tertiary/aromatic N) is 3. The second-order valence-electron chi connectivity index (χ2n) is 7.44. The zero-order chi connectivity index (χ0) is 20.5. The number of aryl methyl sites for hydroxylation is 2. The van der Waals surface area contributed by atoms with Gasteiger partial charge in [0.2, 0.25) is 0 Å². The molecule has 0 N–H and O–H groups in total. The summed E-state index contributed by atoms with van der Waals surface area (Å²) >= 11 is 0. The molecule has 28 heavy (non-hydrogen) atoms. The normalized spacial score (nSPS) is 13.1. The molecule has 3 aromatic rings. The third kappa shape index (κ3) is 4.51. The SMILES string of the molecule is Cc1cc(C)n(-c2ccc(CN(C)C(C)c3ccc(S(C)(=O)=O)cc3)cc2)n1. The van der Waals surface area contributed by atoms with Crippen LogP contribution in [0.1, 0.15) is 35.5 Å². The first-order valence-corrected chi connectivity index (χ1v) is 11.2. The minimum Gasteiger partial charge on any atom is -0.295 e. The summed E-state index contributed by atoms with van der Waals surface area (Å²) < 4.78 is 25.2. The van der Waals surface area contributed by atoms with E-state index in [0.717, 1.165) is 29.2 Å². The molecule has 0 aliphatic carbocycles. The Kier molecular flexibility index (Phi) is 5.72. The standard InChI is InChI=1S/C22H27N3O2S/c1-16-14-17(2)25(23-16)21-10-6-19(7-11-21)15-24(4)18(3)20-8-12-22(13-9-20)28(5,26)27/h6-14,18H,15H2,1-5H3. The molecule has 0 aliphatic heterocycles. The first-order chi connectivity index (χ1) is 13.1. The van der Waals surface area contributed by atoms with Crippen molar-refractivity contribution in [3.63, 3.8) is 0 Å². The third-order valence-electron chi connectivity index (χ3n) is 5.07. The third-order valence-corrected chi connectivity index (χ3v) is 6.20. The van der Waals surface area contributed by atoms with E-state index in [0.29, 0.717) is 4.90 Å². The molecule has 5 nitrogen and oxygen atoms in total. The Morgan fingerprint density at radius 3 is 2.14 bits per heavy atom. The minimum atomic E-state index is -3.16. The van der Waals surface area contributed by atoms with Gasteiger partial charge in [-0.15, -0.1) is 0 Å². The highest BCUT2D eigenvalue weighted by atomic mass is 32.2. The Hall–Kier alpha value is -2.44. The molecule has 0 fully saturated rings. The lowest BCUT2D eigenvalue weighted by Crippen LogP contribution is -2.22. The second kappa shape index (κ2) is 7.89. The summed E-state index contributed by atoms with van der Waals surface area (Å²) in [6, 6.07) is 17.8. The zero-order valence-electron chi connectivity index (χ0n) is 17.0. The summed E-state index contributed by atoms with van der Waals surface area (Å²) in [6.45, 7) is 6.97. The van der Waals surface area contributed by atoms with E-state index < -0.39 is 9.84 Å². The first kappa shape index (κ1) is 20.3. The van der Waals surface area contributed by atoms with Crippen LogP contribution in [0.3, 0.4) is 0 Å². The quantitative estimate of drug-likeness (QED) is 0.629. The Morgan fingerprint density at radius 2 is 1.64 bits per heavy atom. The number of hydrogen-bond donors (Lipinski definition) is 0. The van der Waals surface area contributed by atoms with Gasteiger partial charge in [-0.1, -0.05) is 24.3 Å². The van der Waals surface area contributed by atoms with E-state index in [4.69, 9.17) is 0 Å². The van der Waals surface area contributed by atoms with Crippen LogP contribution in [0.15, 0.2) is 59.5 Å². The van der Waals surface area contributed by atoms with Crippen molar-refractivity contribution in [2.24, 2.45) is 0 Å². The molecule has 3 rings (SSSR count). The van der Waals surface area contributed by atoms with Crippen LogP contribution < -0.4 is 0 Å². The van der Waals surface area contributed by atoms with Crippen LogP contribution >= 0.6 is 0 Å². The number of hydrogen-bond acceptors (Lipinski definition) is 4. The van der Waals surface area contributed by atoms with E-state index in [9.17, 15) is 8.42 Å². The molecular formula is C22H27N3O2S. The van der Waals surface area contributed by atoms with Gasteiger partial charge in [0.25, 0.3) is 0 Å². The molecule has 2 aromatic carbocycles. The van der Waals surface area contributed by atoms with Gasteiger partial charge in [-0.05, 0) is 69.3 Å². The lowest BCUT2D eigenvalue weighted by atomic mass is 10.1. The fourth-order valence-corrected chi connectivity index (χ4v) is 3.94. The van der Waals surface area contributed by atoms with Gasteiger partial charge in [-0.3, -0.25) is 4.90 Å². The summed E-state index contributed by atoms with van der Waals surface area (Å²) in [5.41, 5.74) is 5.49. The Morgan fingerprint density at radius 1 is 1.04 bits per heavy atom. The van der Waals surface area contributed by atoms with Gasteiger partial charge >= 0.3 is 0 Å². The largest absolute Gasteiger partial charge is 0.295 e. The van der Waals surface area contributed by atoms with Crippen LogP contribution in [-0.4, -0.2) is 36.4 Å². The summed E-state index contributed by atoms with van der Waals surface area (Å²) in [4.78, 5) is 2.60. The molecule has 0 aliphatic rings. The number of aromatic nitrogens is 2. The van der Waals surface area contributed by atoms with Gasteiger partial charge in [0.1, 0.15) is 0 Å². The molecule has 0 radical (unpaired) electrons. The summed E-state index contributed by atoms with van der Waals surface area (Å²) in [5, 5.41) is 4.53. The van der Waals surface area contributed by atoms with Crippen LogP contribution in [0, 0.1) is 13.8 Å². The minimum absolute atomic E-state index is 0.171. The monoisotopic (exact) mass is 397 g/mol. The van der Waals surface area contributed by atoms with Gasteiger partial charge in [0.15, 0.2) is 9.84 Å². The van der Waals surface area contributed by atoms with Crippen molar-refractivity contribution in [3.8, 4) is 5.69 Å². The topological polar surface area (TPSA) is 55.2 Å². The summed E-state index contributed by atoms with van der Waals surface area (Å²) in [7, 11) is -1.09. The lowest BCUT2D eigenvalue weighted by molar-refractivity contribution is 0.253. The van der Waals surface area contributed by atoms with E-state index in [-0.39, 0.29) is 6.04 Å². The van der Waals surface area contributed by atoms with Gasteiger partial charge in [-0.2, -0.15) is 5.10 Å². The molecule has 1 heterocycles. The van der Waals surface area contributed by atoms with E-state index in [2.05, 4.69) is 61.2 Å². The van der Waals surface area contributed by atoms with Crippen LogP contribution in [0.4, 0.5) is 0 Å². The van der Waals surface area contributed by atoms with E-state index in [1.807, 2.05) is 23.7 Å². The molecule has 1 atom stereocenters. The molecule has 0 bridgehead atoms. The average molecular weight is 398 g/mol. The van der Waals surface area contributed by atoms with Crippen molar-refractivity contribution in [1.82, 2.24) is 14.7 Å². The van der Waals surface area contributed by atoms with Gasteiger partial charge in [-0.25, -0.2) is 13.1 Å². The van der Waals surface area contributed by atoms with Crippen molar-refractivity contribution < 1.29 is 8.42 Å². The fraction of sp³-hybridized carbons (Fsp3) is 0.318. The molecule has 0 amide bonds. The molecule has 148 valence electrons. The van der Waals surface area contributed by atoms with Crippen LogP contribution in [0.5, 0.6) is 0 Å². The summed E-state index contributed by atoms with van der Waals surface area (Å²) in [5.74, 6) is 0. The molecule has 1 aromatic heterocycles. The Bertz CT molecular complexity index is 1050. The molecular weight excluding hydrogens is 370 g/mol. The number of sulfone groups is 1. The van der Waals surface area contributed by atoms with Gasteiger partial charge < -0.3 is 0 Å². The molecule has 6 heteroatoms. The second-order valence-corrected chi connectivity index (χ2v) is 9.45. The molecule has 0 spiro atoms. The highest BCUT2D eigenvalue weighted by molar-refractivity contribution is 7.90. The van der Waals surface area contributed by atoms with E-state index in [1.54, 1.807) is 12.1 Å². The maximum atomic E-state index is 11.6. The van der Waals surface area contributed by atoms with Crippen molar-refractivity contribution in [3.05, 3.63) is 77.1 Å². The van der Waals surface area contributed by atoms with E-state index in [1.165, 1.54) is 11.8 Å². The van der Waals surface area contributed by atoms with Crippen LogP contribution in [0.2, 0.25) is 0 Å². The molecule has 1 unspecified atom stereocenters. The van der Waals surface area contributed by atoms with Crippen molar-refractivity contribution in [1.29, 1.82) is 0 Å². The van der Waals surface area contributed by atoms with Crippen molar-refractivity contribution in [2.45, 2.75) is 38.3 Å². The van der Waals surface area contributed by atoms with Gasteiger partial charge in [0.05, 0.1) is 16.3 Å². The van der Waals surface area contributed by atoms with Crippen molar-refractivity contribution in [2.75, 3.05) is 13.3 Å².